The van der Waals surface area contributed by atoms with Crippen molar-refractivity contribution in [1.29, 1.82) is 0 Å². The Hall–Kier alpha value is -2.50. The van der Waals surface area contributed by atoms with Gasteiger partial charge in [0, 0.05) is 6.20 Å². The molecule has 0 radical (unpaired) electrons. The van der Waals surface area contributed by atoms with E-state index in [-0.39, 0.29) is 18.1 Å². The summed E-state index contributed by atoms with van der Waals surface area (Å²) in [6.07, 6.45) is 1.55. The second-order valence-corrected chi connectivity index (χ2v) is 3.20. The summed E-state index contributed by atoms with van der Waals surface area (Å²) in [5, 5.41) is 0.318. The van der Waals surface area contributed by atoms with Gasteiger partial charge in [0.25, 0.3) is 5.56 Å². The van der Waals surface area contributed by atoms with Gasteiger partial charge in [0.15, 0.2) is 5.65 Å². The minimum atomic E-state index is -0.372. The second kappa shape index (κ2) is 4.17. The Balaban J connectivity index is 2.83. The first-order chi connectivity index (χ1) is 8.17. The zero-order valence-corrected chi connectivity index (χ0v) is 8.82. The molecule has 0 saturated heterocycles. The summed E-state index contributed by atoms with van der Waals surface area (Å²) in [6.45, 7) is 0.197. The lowest BCUT2D eigenvalue weighted by molar-refractivity contribution is 0.904. The van der Waals surface area contributed by atoms with Crippen LogP contribution >= 0.6 is 0 Å². The number of aromatic nitrogens is 3. The van der Waals surface area contributed by atoms with E-state index in [4.69, 9.17) is 17.3 Å². The van der Waals surface area contributed by atoms with E-state index in [9.17, 15) is 4.79 Å². The molecule has 0 saturated carbocycles. The number of fused-ring (bicyclic) bond motifs is 1. The Morgan fingerprint density at radius 2 is 2.35 bits per heavy atom. The highest BCUT2D eigenvalue weighted by Crippen LogP contribution is 2.13. The zero-order valence-electron chi connectivity index (χ0n) is 8.82. The molecule has 2 rings (SSSR count). The molecule has 0 unspecified atom stereocenters. The predicted molar refractivity (Wildman–Crippen MR) is 64.2 cm³/mol. The van der Waals surface area contributed by atoms with Crippen molar-refractivity contribution < 1.29 is 0 Å². The molecule has 88 valence electrons. The number of hydrogen-bond donors (Lipinski definition) is 5. The number of rotatable bonds is 1. The van der Waals surface area contributed by atoms with Crippen LogP contribution in [0.1, 0.15) is 5.56 Å². The van der Waals surface area contributed by atoms with Crippen LogP contribution in [0, 0.1) is 11.8 Å². The molecule has 0 aromatic carbocycles. The highest BCUT2D eigenvalue weighted by molar-refractivity contribution is 5.83. The first-order valence-electron chi connectivity index (χ1n) is 4.73. The molecule has 0 aliphatic rings. The van der Waals surface area contributed by atoms with E-state index in [0.717, 1.165) is 0 Å². The Bertz CT molecular complexity index is 672. The minimum absolute atomic E-state index is 0.00966. The summed E-state index contributed by atoms with van der Waals surface area (Å²) in [4.78, 5) is 18.1. The van der Waals surface area contributed by atoms with Gasteiger partial charge in [0.1, 0.15) is 5.39 Å². The summed E-state index contributed by atoms with van der Waals surface area (Å²) < 4.78 is 1.36. The zero-order chi connectivity index (χ0) is 12.4. The van der Waals surface area contributed by atoms with Gasteiger partial charge in [-0.05, 0) is 0 Å². The van der Waals surface area contributed by atoms with Gasteiger partial charge in [0.2, 0.25) is 5.95 Å². The Kier molecular flexibility index (Phi) is 2.70. The van der Waals surface area contributed by atoms with Crippen molar-refractivity contribution in [2.45, 2.75) is 0 Å². The lowest BCUT2D eigenvalue weighted by Crippen LogP contribution is -2.22. The summed E-state index contributed by atoms with van der Waals surface area (Å²) in [7, 11) is 0. The Morgan fingerprint density at radius 1 is 1.59 bits per heavy atom. The number of anilines is 1. The van der Waals surface area contributed by atoms with E-state index in [0.29, 0.717) is 16.6 Å². The molecule has 8 N–H and O–H groups in total. The largest absolute Gasteiger partial charge is 0.369 e. The lowest BCUT2D eigenvalue weighted by atomic mass is 10.2. The molecule has 8 nitrogen and oxygen atoms in total. The maximum absolute atomic E-state index is 11.8. The third-order valence-corrected chi connectivity index (χ3v) is 2.14. The van der Waals surface area contributed by atoms with Crippen molar-refractivity contribution in [2.75, 3.05) is 17.8 Å². The van der Waals surface area contributed by atoms with E-state index in [1.807, 2.05) is 0 Å². The molecule has 0 fully saturated rings. The molecule has 2 heterocycles. The van der Waals surface area contributed by atoms with E-state index in [1.54, 1.807) is 6.20 Å². The molecule has 0 spiro atoms. The fraction of sp³-hybridized carbons (Fsp3) is 0.111. The smallest absolute Gasteiger partial charge is 0.263 e. The number of nitrogens with one attached hydrogen (secondary N) is 2. The first-order valence-corrected chi connectivity index (χ1v) is 4.73. The second-order valence-electron chi connectivity index (χ2n) is 3.20. The molecular formula is C9H11N7O. The number of aromatic amines is 1. The van der Waals surface area contributed by atoms with E-state index in [2.05, 4.69) is 27.3 Å². The molecular weight excluding hydrogens is 222 g/mol. The Morgan fingerprint density at radius 3 is 3.00 bits per heavy atom. The van der Waals surface area contributed by atoms with E-state index < -0.39 is 0 Å². The fourth-order valence-corrected chi connectivity index (χ4v) is 1.49. The van der Waals surface area contributed by atoms with Crippen LogP contribution in [-0.4, -0.2) is 21.2 Å². The number of hydrazine groups is 1. The lowest BCUT2D eigenvalue weighted by Gasteiger charge is -2.00. The SMILES string of the molecule is NCC#Cc1cn(NN)c2nc(N)[nH]c(=O)c12. The van der Waals surface area contributed by atoms with Crippen LogP contribution in [0.2, 0.25) is 0 Å². The summed E-state index contributed by atoms with van der Waals surface area (Å²) in [5.41, 5.74) is 13.5. The normalized spacial score (nSPS) is 10.0. The van der Waals surface area contributed by atoms with Gasteiger partial charge in [-0.1, -0.05) is 11.8 Å². The highest BCUT2D eigenvalue weighted by Gasteiger charge is 2.12. The molecule has 0 aliphatic carbocycles. The molecule has 2 aromatic rings. The number of H-pyrrole nitrogens is 1. The van der Waals surface area contributed by atoms with E-state index >= 15 is 0 Å². The fourth-order valence-electron chi connectivity index (χ4n) is 1.49. The van der Waals surface area contributed by atoms with Gasteiger partial charge in [0.05, 0.1) is 12.1 Å². The van der Waals surface area contributed by atoms with Crippen molar-refractivity contribution in [1.82, 2.24) is 14.6 Å². The third kappa shape index (κ3) is 1.80. The minimum Gasteiger partial charge on any atom is -0.369 e. The van der Waals surface area contributed by atoms with Crippen molar-refractivity contribution >= 4 is 17.0 Å². The molecule has 0 aliphatic heterocycles. The number of nitrogens with zero attached hydrogens (tertiary/aromatic N) is 2. The first kappa shape index (κ1) is 11.0. The van der Waals surface area contributed by atoms with Crippen molar-refractivity contribution in [3.05, 3.63) is 22.1 Å². The molecule has 2 aromatic heterocycles. The van der Waals surface area contributed by atoms with Gasteiger partial charge < -0.3 is 11.5 Å². The van der Waals surface area contributed by atoms with Crippen LogP contribution in [0.15, 0.2) is 11.0 Å². The maximum Gasteiger partial charge on any atom is 0.263 e. The van der Waals surface area contributed by atoms with Crippen LogP contribution in [-0.2, 0) is 0 Å². The summed E-state index contributed by atoms with van der Waals surface area (Å²) in [6, 6.07) is 0. The monoisotopic (exact) mass is 233 g/mol. The molecule has 8 heteroatoms. The average molecular weight is 233 g/mol. The standard InChI is InChI=1S/C9H11N7O/c10-3-1-2-5-4-16(15-12)7-6(5)8(17)14-9(11)13-7/h4,15H,3,10,12H2,(H3,11,13,14,17). The van der Waals surface area contributed by atoms with Gasteiger partial charge in [-0.25, -0.2) is 10.5 Å². The van der Waals surface area contributed by atoms with Crippen LogP contribution in [0.5, 0.6) is 0 Å². The van der Waals surface area contributed by atoms with Crippen molar-refractivity contribution in [2.24, 2.45) is 11.6 Å². The van der Waals surface area contributed by atoms with Gasteiger partial charge in [-0.2, -0.15) is 4.98 Å². The molecule has 0 bridgehead atoms. The number of hydrogen-bond acceptors (Lipinski definition) is 6. The molecule has 0 amide bonds. The molecule has 17 heavy (non-hydrogen) atoms. The number of nitrogen functional groups attached to an aromatic ring is 2. The third-order valence-electron chi connectivity index (χ3n) is 2.14. The maximum atomic E-state index is 11.8. The van der Waals surface area contributed by atoms with E-state index in [1.165, 1.54) is 4.68 Å². The van der Waals surface area contributed by atoms with Crippen molar-refractivity contribution in [3.8, 4) is 11.8 Å². The van der Waals surface area contributed by atoms with Gasteiger partial charge in [-0.3, -0.25) is 15.3 Å². The van der Waals surface area contributed by atoms with Gasteiger partial charge >= 0.3 is 0 Å². The van der Waals surface area contributed by atoms with Crippen LogP contribution in [0.25, 0.3) is 11.0 Å². The van der Waals surface area contributed by atoms with Gasteiger partial charge in [-0.15, -0.1) is 0 Å². The summed E-state index contributed by atoms with van der Waals surface area (Å²) in [5.74, 6) is 10.7. The quantitative estimate of drug-likeness (QED) is 0.220. The average Bonchev–Trinajstić information content (AvgIpc) is 2.64. The van der Waals surface area contributed by atoms with Crippen LogP contribution < -0.4 is 28.4 Å². The Labute approximate surface area is 95.7 Å². The van der Waals surface area contributed by atoms with Crippen LogP contribution in [0.4, 0.5) is 5.95 Å². The number of nitrogens with two attached hydrogens (primary N) is 3. The predicted octanol–water partition coefficient (Wildman–Crippen LogP) is -1.97. The van der Waals surface area contributed by atoms with Crippen LogP contribution in [0.3, 0.4) is 0 Å². The highest BCUT2D eigenvalue weighted by atomic mass is 16.1. The topological polar surface area (TPSA) is 141 Å². The summed E-state index contributed by atoms with van der Waals surface area (Å²) >= 11 is 0. The molecule has 0 atom stereocenters. The van der Waals surface area contributed by atoms with Crippen molar-refractivity contribution in [3.63, 3.8) is 0 Å².